The third-order valence-corrected chi connectivity index (χ3v) is 4.17. The van der Waals surface area contributed by atoms with E-state index in [2.05, 4.69) is 56.2 Å². The van der Waals surface area contributed by atoms with Crippen molar-refractivity contribution < 1.29 is 4.74 Å². The number of rotatable bonds is 5. The van der Waals surface area contributed by atoms with Gasteiger partial charge in [0.25, 0.3) is 0 Å². The second kappa shape index (κ2) is 7.14. The van der Waals surface area contributed by atoms with E-state index in [-0.39, 0.29) is 6.04 Å². The van der Waals surface area contributed by atoms with Gasteiger partial charge in [-0.2, -0.15) is 0 Å². The fourth-order valence-electron chi connectivity index (χ4n) is 2.04. The van der Waals surface area contributed by atoms with Crippen molar-refractivity contribution in [3.8, 4) is 5.75 Å². The van der Waals surface area contributed by atoms with Gasteiger partial charge in [-0.1, -0.05) is 34.1 Å². The molecule has 20 heavy (non-hydrogen) atoms. The Morgan fingerprint density at radius 1 is 1.15 bits per heavy atom. The summed E-state index contributed by atoms with van der Waals surface area (Å²) in [5.74, 6) is 0.932. The van der Waals surface area contributed by atoms with E-state index in [1.165, 1.54) is 0 Å². The van der Waals surface area contributed by atoms with Crippen molar-refractivity contribution in [3.05, 3.63) is 57.0 Å². The zero-order chi connectivity index (χ0) is 14.5. The molecule has 4 heteroatoms. The summed E-state index contributed by atoms with van der Waals surface area (Å²) in [5.41, 5.74) is 2.21. The number of benzene rings is 2. The highest BCUT2D eigenvalue weighted by Gasteiger charge is 2.12. The van der Waals surface area contributed by atoms with Crippen LogP contribution in [0, 0.1) is 0 Å². The molecular weight excluding hydrogens is 382 g/mol. The van der Waals surface area contributed by atoms with Crippen LogP contribution in [0.3, 0.4) is 0 Å². The summed E-state index contributed by atoms with van der Waals surface area (Å²) in [6, 6.07) is 14.4. The fraction of sp³-hybridized carbons (Fsp3) is 0.250. The van der Waals surface area contributed by atoms with Crippen LogP contribution >= 0.6 is 31.9 Å². The Labute approximate surface area is 136 Å². The first-order valence-electron chi connectivity index (χ1n) is 6.55. The highest BCUT2D eigenvalue weighted by molar-refractivity contribution is 9.11. The molecule has 2 rings (SSSR count). The Hall–Kier alpha value is -1.000. The number of nitrogens with one attached hydrogen (secondary N) is 1. The summed E-state index contributed by atoms with van der Waals surface area (Å²) < 4.78 is 7.78. The van der Waals surface area contributed by atoms with Gasteiger partial charge in [-0.25, -0.2) is 0 Å². The molecule has 2 nitrogen and oxygen atoms in total. The smallest absolute Gasteiger partial charge is 0.124 e. The molecule has 0 aliphatic heterocycles. The molecule has 1 atom stereocenters. The minimum absolute atomic E-state index is 0.156. The van der Waals surface area contributed by atoms with Gasteiger partial charge in [-0.15, -0.1) is 0 Å². The van der Waals surface area contributed by atoms with E-state index >= 15 is 0 Å². The molecule has 1 unspecified atom stereocenters. The van der Waals surface area contributed by atoms with E-state index < -0.39 is 0 Å². The second-order valence-corrected chi connectivity index (χ2v) is 6.23. The molecule has 1 N–H and O–H groups in total. The van der Waals surface area contributed by atoms with Crippen molar-refractivity contribution in [2.24, 2.45) is 0 Å². The normalized spacial score (nSPS) is 12.0. The summed E-state index contributed by atoms with van der Waals surface area (Å²) in [5, 5.41) is 3.51. The molecular formula is C16H17Br2NO. The van der Waals surface area contributed by atoms with Crippen molar-refractivity contribution >= 4 is 37.5 Å². The number of hydrogen-bond acceptors (Lipinski definition) is 2. The number of hydrogen-bond donors (Lipinski definition) is 1. The minimum atomic E-state index is 0.156. The fourth-order valence-corrected chi connectivity index (χ4v) is 2.77. The topological polar surface area (TPSA) is 21.3 Å². The van der Waals surface area contributed by atoms with E-state index in [1.54, 1.807) is 0 Å². The van der Waals surface area contributed by atoms with Gasteiger partial charge in [0, 0.05) is 14.5 Å². The second-order valence-electron chi connectivity index (χ2n) is 4.46. The zero-order valence-electron chi connectivity index (χ0n) is 11.5. The van der Waals surface area contributed by atoms with Crippen LogP contribution in [0.15, 0.2) is 51.4 Å². The Balaban J connectivity index is 2.23. The van der Waals surface area contributed by atoms with E-state index in [9.17, 15) is 0 Å². The summed E-state index contributed by atoms with van der Waals surface area (Å²) in [4.78, 5) is 0. The van der Waals surface area contributed by atoms with Gasteiger partial charge in [0.1, 0.15) is 5.75 Å². The van der Waals surface area contributed by atoms with Crippen LogP contribution in [0.1, 0.15) is 25.5 Å². The Bertz CT molecular complexity index is 586. The molecule has 0 amide bonds. The molecule has 0 saturated heterocycles. The minimum Gasteiger partial charge on any atom is -0.494 e. The van der Waals surface area contributed by atoms with Crippen LogP contribution in [-0.2, 0) is 0 Å². The SMILES string of the molecule is CCOc1ccccc1C(C)Nc1cc(Br)ccc1Br. The lowest BCUT2D eigenvalue weighted by Gasteiger charge is -2.20. The van der Waals surface area contributed by atoms with Crippen LogP contribution < -0.4 is 10.1 Å². The van der Waals surface area contributed by atoms with Crippen LogP contribution in [0.2, 0.25) is 0 Å². The lowest BCUT2D eigenvalue weighted by atomic mass is 10.1. The predicted molar refractivity (Wildman–Crippen MR) is 91.5 cm³/mol. The largest absolute Gasteiger partial charge is 0.494 e. The van der Waals surface area contributed by atoms with Crippen LogP contribution in [0.4, 0.5) is 5.69 Å². The van der Waals surface area contributed by atoms with E-state index in [0.717, 1.165) is 25.9 Å². The van der Waals surface area contributed by atoms with Gasteiger partial charge in [-0.05, 0) is 54.0 Å². The highest BCUT2D eigenvalue weighted by Crippen LogP contribution is 2.32. The first-order valence-corrected chi connectivity index (χ1v) is 8.13. The van der Waals surface area contributed by atoms with Crippen molar-refractivity contribution in [2.75, 3.05) is 11.9 Å². The maximum atomic E-state index is 5.69. The molecule has 0 radical (unpaired) electrons. The quantitative estimate of drug-likeness (QED) is 0.688. The number of ether oxygens (including phenoxy) is 1. The average molecular weight is 399 g/mol. The monoisotopic (exact) mass is 397 g/mol. The molecule has 2 aromatic carbocycles. The van der Waals surface area contributed by atoms with Gasteiger partial charge >= 0.3 is 0 Å². The number of anilines is 1. The lowest BCUT2D eigenvalue weighted by Crippen LogP contribution is -2.09. The molecule has 0 aliphatic carbocycles. The molecule has 0 aromatic heterocycles. The molecule has 0 saturated carbocycles. The number of para-hydroxylation sites is 1. The van der Waals surface area contributed by atoms with Crippen molar-refractivity contribution in [1.29, 1.82) is 0 Å². The van der Waals surface area contributed by atoms with Gasteiger partial charge in [0.2, 0.25) is 0 Å². The summed E-state index contributed by atoms with van der Waals surface area (Å²) in [7, 11) is 0. The Kier molecular flexibility index (Phi) is 5.49. The first kappa shape index (κ1) is 15.4. The van der Waals surface area contributed by atoms with Crippen molar-refractivity contribution in [2.45, 2.75) is 19.9 Å². The summed E-state index contributed by atoms with van der Waals surface area (Å²) >= 11 is 7.06. The van der Waals surface area contributed by atoms with E-state index in [0.29, 0.717) is 6.61 Å². The maximum Gasteiger partial charge on any atom is 0.124 e. The summed E-state index contributed by atoms with van der Waals surface area (Å²) in [6.07, 6.45) is 0. The Morgan fingerprint density at radius 3 is 2.65 bits per heavy atom. The van der Waals surface area contributed by atoms with Crippen LogP contribution in [0.5, 0.6) is 5.75 Å². The molecule has 2 aromatic rings. The molecule has 0 bridgehead atoms. The molecule has 0 aliphatic rings. The van der Waals surface area contributed by atoms with Crippen molar-refractivity contribution in [1.82, 2.24) is 0 Å². The maximum absolute atomic E-state index is 5.69. The van der Waals surface area contributed by atoms with Gasteiger partial charge in [0.05, 0.1) is 18.3 Å². The van der Waals surface area contributed by atoms with Gasteiger partial charge in [-0.3, -0.25) is 0 Å². The van der Waals surface area contributed by atoms with E-state index in [1.807, 2.05) is 37.3 Å². The van der Waals surface area contributed by atoms with E-state index in [4.69, 9.17) is 4.74 Å². The first-order chi connectivity index (χ1) is 9.61. The highest BCUT2D eigenvalue weighted by atomic mass is 79.9. The third-order valence-electron chi connectivity index (χ3n) is 2.99. The standard InChI is InChI=1S/C16H17Br2NO/c1-3-20-16-7-5-4-6-13(16)11(2)19-15-10-12(17)8-9-14(15)18/h4-11,19H,3H2,1-2H3. The predicted octanol–water partition coefficient (Wildman–Crippen LogP) is 5.78. The Morgan fingerprint density at radius 2 is 1.90 bits per heavy atom. The van der Waals surface area contributed by atoms with Crippen LogP contribution in [-0.4, -0.2) is 6.61 Å². The molecule has 0 heterocycles. The molecule has 106 valence electrons. The number of halogens is 2. The van der Waals surface area contributed by atoms with Crippen molar-refractivity contribution in [3.63, 3.8) is 0 Å². The summed E-state index contributed by atoms with van der Waals surface area (Å²) in [6.45, 7) is 4.80. The zero-order valence-corrected chi connectivity index (χ0v) is 14.7. The van der Waals surface area contributed by atoms with Gasteiger partial charge < -0.3 is 10.1 Å². The van der Waals surface area contributed by atoms with Crippen LogP contribution in [0.25, 0.3) is 0 Å². The average Bonchev–Trinajstić information content (AvgIpc) is 2.44. The van der Waals surface area contributed by atoms with Gasteiger partial charge in [0.15, 0.2) is 0 Å². The molecule has 0 fully saturated rings. The lowest BCUT2D eigenvalue weighted by molar-refractivity contribution is 0.335. The molecule has 0 spiro atoms. The third kappa shape index (κ3) is 3.76.